The third kappa shape index (κ3) is 4.27. The molecule has 140 valence electrons. The number of amides is 1. The summed E-state index contributed by atoms with van der Waals surface area (Å²) < 4.78 is 11.0. The molecule has 0 atom stereocenters. The van der Waals surface area contributed by atoms with Crippen molar-refractivity contribution in [3.63, 3.8) is 0 Å². The summed E-state index contributed by atoms with van der Waals surface area (Å²) in [6.07, 6.45) is 0. The highest BCUT2D eigenvalue weighted by Gasteiger charge is 2.14. The van der Waals surface area contributed by atoms with Gasteiger partial charge in [-0.25, -0.2) is 0 Å². The molecule has 7 heteroatoms. The lowest BCUT2D eigenvalue weighted by Crippen LogP contribution is -2.23. The van der Waals surface area contributed by atoms with Gasteiger partial charge in [-0.2, -0.15) is 16.3 Å². The number of para-hydroxylation sites is 1. The number of benzene rings is 2. The molecule has 0 unspecified atom stereocenters. The second-order valence-corrected chi connectivity index (χ2v) is 6.76. The highest BCUT2D eigenvalue weighted by molar-refractivity contribution is 7.08. The minimum atomic E-state index is -0.202. The summed E-state index contributed by atoms with van der Waals surface area (Å²) >= 11 is 1.56. The summed E-state index contributed by atoms with van der Waals surface area (Å²) in [7, 11) is 0. The smallest absolute Gasteiger partial charge is 0.258 e. The molecule has 2 aromatic carbocycles. The summed E-state index contributed by atoms with van der Waals surface area (Å²) in [6, 6.07) is 18.7. The van der Waals surface area contributed by atoms with E-state index in [1.54, 1.807) is 29.5 Å². The van der Waals surface area contributed by atoms with E-state index in [1.807, 2.05) is 53.2 Å². The first kappa shape index (κ1) is 17.9. The van der Waals surface area contributed by atoms with Gasteiger partial charge in [0.1, 0.15) is 5.75 Å². The number of carbonyl (C=O) groups is 1. The van der Waals surface area contributed by atoms with E-state index in [0.717, 1.165) is 11.1 Å². The third-order valence-electron chi connectivity index (χ3n) is 4.02. The lowest BCUT2D eigenvalue weighted by Gasteiger charge is -2.10. The Labute approximate surface area is 165 Å². The van der Waals surface area contributed by atoms with Gasteiger partial charge in [0.15, 0.2) is 6.61 Å². The van der Waals surface area contributed by atoms with E-state index < -0.39 is 0 Å². The quantitative estimate of drug-likeness (QED) is 0.508. The molecule has 4 aromatic rings. The molecule has 1 amide bonds. The topological polar surface area (TPSA) is 77.2 Å². The number of aromatic nitrogens is 2. The lowest BCUT2D eigenvalue weighted by molar-refractivity contribution is 0.0946. The first-order chi connectivity index (χ1) is 13.8. The molecular formula is C21H17N3O3S. The number of nitrogens with zero attached hydrogens (tertiary/aromatic N) is 2. The van der Waals surface area contributed by atoms with Crippen LogP contribution in [-0.2, 0) is 13.2 Å². The van der Waals surface area contributed by atoms with Gasteiger partial charge in [-0.3, -0.25) is 4.79 Å². The zero-order chi connectivity index (χ0) is 19.2. The van der Waals surface area contributed by atoms with E-state index >= 15 is 0 Å². The van der Waals surface area contributed by atoms with Crippen LogP contribution in [0.2, 0.25) is 0 Å². The third-order valence-corrected chi connectivity index (χ3v) is 4.70. The Morgan fingerprint density at radius 1 is 1.07 bits per heavy atom. The van der Waals surface area contributed by atoms with Crippen LogP contribution < -0.4 is 10.1 Å². The van der Waals surface area contributed by atoms with Crippen LogP contribution in [-0.4, -0.2) is 16.0 Å². The van der Waals surface area contributed by atoms with Crippen LogP contribution in [0.25, 0.3) is 11.5 Å². The van der Waals surface area contributed by atoms with Gasteiger partial charge in [0.25, 0.3) is 11.8 Å². The van der Waals surface area contributed by atoms with Gasteiger partial charge in [-0.15, -0.1) is 0 Å². The Bertz CT molecular complexity index is 1050. The average molecular weight is 391 g/mol. The molecule has 2 aromatic heterocycles. The summed E-state index contributed by atoms with van der Waals surface area (Å²) in [4.78, 5) is 16.9. The van der Waals surface area contributed by atoms with Gasteiger partial charge in [0.05, 0.1) is 11.1 Å². The van der Waals surface area contributed by atoms with Crippen molar-refractivity contribution in [2.75, 3.05) is 0 Å². The van der Waals surface area contributed by atoms with E-state index in [9.17, 15) is 4.79 Å². The molecule has 0 aliphatic rings. The molecule has 0 aliphatic heterocycles. The average Bonchev–Trinajstić information content (AvgIpc) is 3.43. The molecule has 0 saturated heterocycles. The Morgan fingerprint density at radius 2 is 1.89 bits per heavy atom. The van der Waals surface area contributed by atoms with Crippen LogP contribution in [0, 0.1) is 0 Å². The Balaban J connectivity index is 1.41. The van der Waals surface area contributed by atoms with Gasteiger partial charge in [-0.05, 0) is 29.1 Å². The summed E-state index contributed by atoms with van der Waals surface area (Å²) in [5.41, 5.74) is 2.37. The first-order valence-corrected chi connectivity index (χ1v) is 9.63. The number of carbonyl (C=O) groups excluding carboxylic acids is 1. The molecule has 0 saturated carbocycles. The zero-order valence-corrected chi connectivity index (χ0v) is 15.7. The van der Waals surface area contributed by atoms with Gasteiger partial charge < -0.3 is 14.6 Å². The highest BCUT2D eigenvalue weighted by atomic mass is 32.1. The van der Waals surface area contributed by atoms with E-state index in [2.05, 4.69) is 15.5 Å². The predicted molar refractivity (Wildman–Crippen MR) is 106 cm³/mol. The Morgan fingerprint density at radius 3 is 2.71 bits per heavy atom. The van der Waals surface area contributed by atoms with Crippen molar-refractivity contribution in [2.45, 2.75) is 13.2 Å². The maximum Gasteiger partial charge on any atom is 0.258 e. The van der Waals surface area contributed by atoms with Gasteiger partial charge in [0.2, 0.25) is 5.82 Å². The van der Waals surface area contributed by atoms with Gasteiger partial charge in [0, 0.05) is 11.9 Å². The van der Waals surface area contributed by atoms with Crippen molar-refractivity contribution in [1.29, 1.82) is 0 Å². The summed E-state index contributed by atoms with van der Waals surface area (Å²) in [6.45, 7) is 0.555. The maximum absolute atomic E-state index is 12.6. The van der Waals surface area contributed by atoms with Crippen molar-refractivity contribution in [3.05, 3.63) is 88.4 Å². The fourth-order valence-electron chi connectivity index (χ4n) is 2.61. The van der Waals surface area contributed by atoms with Crippen molar-refractivity contribution >= 4 is 17.2 Å². The van der Waals surface area contributed by atoms with Crippen molar-refractivity contribution in [3.8, 4) is 17.2 Å². The molecule has 2 heterocycles. The molecule has 6 nitrogen and oxygen atoms in total. The number of hydrogen-bond acceptors (Lipinski definition) is 6. The minimum absolute atomic E-state index is 0.108. The maximum atomic E-state index is 12.6. The molecule has 0 spiro atoms. The highest BCUT2D eigenvalue weighted by Crippen LogP contribution is 2.22. The van der Waals surface area contributed by atoms with E-state index in [4.69, 9.17) is 9.26 Å². The number of nitrogens with one attached hydrogen (secondary N) is 1. The van der Waals surface area contributed by atoms with Gasteiger partial charge in [-0.1, -0.05) is 47.6 Å². The summed E-state index contributed by atoms with van der Waals surface area (Å²) in [5.74, 6) is 1.14. The molecule has 0 fully saturated rings. The molecule has 28 heavy (non-hydrogen) atoms. The minimum Gasteiger partial charge on any atom is -0.485 e. The number of rotatable bonds is 7. The van der Waals surface area contributed by atoms with E-state index in [0.29, 0.717) is 29.6 Å². The van der Waals surface area contributed by atoms with E-state index in [-0.39, 0.29) is 12.5 Å². The van der Waals surface area contributed by atoms with Crippen LogP contribution in [0.3, 0.4) is 0 Å². The van der Waals surface area contributed by atoms with Crippen LogP contribution in [0.15, 0.2) is 75.9 Å². The fraction of sp³-hybridized carbons (Fsp3) is 0.0952. The van der Waals surface area contributed by atoms with Crippen LogP contribution in [0.5, 0.6) is 5.75 Å². The molecule has 4 rings (SSSR count). The first-order valence-electron chi connectivity index (χ1n) is 8.69. The Kier molecular flexibility index (Phi) is 5.44. The van der Waals surface area contributed by atoms with Crippen LogP contribution >= 0.6 is 11.3 Å². The Hall–Kier alpha value is -3.45. The van der Waals surface area contributed by atoms with Crippen molar-refractivity contribution in [1.82, 2.24) is 15.5 Å². The normalized spacial score (nSPS) is 10.6. The molecule has 1 N–H and O–H groups in total. The number of hydrogen-bond donors (Lipinski definition) is 1. The van der Waals surface area contributed by atoms with Crippen LogP contribution in [0.4, 0.5) is 0 Å². The number of ether oxygens (including phenoxy) is 1. The van der Waals surface area contributed by atoms with Crippen molar-refractivity contribution in [2.24, 2.45) is 0 Å². The molecule has 0 radical (unpaired) electrons. The zero-order valence-electron chi connectivity index (χ0n) is 14.9. The number of thiophene rings is 1. The van der Waals surface area contributed by atoms with Crippen molar-refractivity contribution < 1.29 is 14.1 Å². The monoisotopic (exact) mass is 391 g/mol. The lowest BCUT2D eigenvalue weighted by atomic mass is 10.1. The SMILES string of the molecule is O=C(NCc1ccccc1)c1ccccc1OCc1noc(-c2ccsc2)n1. The molecular weight excluding hydrogens is 374 g/mol. The fourth-order valence-corrected chi connectivity index (χ4v) is 3.24. The standard InChI is InChI=1S/C21H17N3O3S/c25-20(22-12-15-6-2-1-3-7-15)17-8-4-5-9-18(17)26-13-19-23-21(27-24-19)16-10-11-28-14-16/h1-11,14H,12-13H2,(H,22,25). The van der Waals surface area contributed by atoms with Gasteiger partial charge >= 0.3 is 0 Å². The second-order valence-electron chi connectivity index (χ2n) is 5.98. The summed E-state index contributed by atoms with van der Waals surface area (Å²) in [5, 5.41) is 10.7. The second kappa shape index (κ2) is 8.49. The van der Waals surface area contributed by atoms with E-state index in [1.165, 1.54) is 0 Å². The molecule has 0 bridgehead atoms. The van der Waals surface area contributed by atoms with Crippen LogP contribution in [0.1, 0.15) is 21.7 Å². The predicted octanol–water partition coefficient (Wildman–Crippen LogP) is 4.31. The molecule has 0 aliphatic carbocycles. The largest absolute Gasteiger partial charge is 0.485 e.